The third kappa shape index (κ3) is 4.73. The van der Waals surface area contributed by atoms with E-state index >= 15 is 0 Å². The van der Waals surface area contributed by atoms with Gasteiger partial charge < -0.3 is 10.1 Å². The topological polar surface area (TPSA) is 91.2 Å². The normalized spacial score (nSPS) is 11.0. The van der Waals surface area contributed by atoms with E-state index in [1.54, 1.807) is 24.3 Å². The van der Waals surface area contributed by atoms with E-state index < -0.39 is 18.0 Å². The Kier molecular flexibility index (Phi) is 5.77. The number of anilines is 1. The van der Waals surface area contributed by atoms with Crippen molar-refractivity contribution < 1.29 is 14.3 Å². The molecule has 3 amide bonds. The first kappa shape index (κ1) is 17.3. The maximum atomic E-state index is 12.0. The highest BCUT2D eigenvalue weighted by Crippen LogP contribution is 2.26. The average molecular weight is 344 g/mol. The summed E-state index contributed by atoms with van der Waals surface area (Å²) in [5.74, 6) is -0.370. The molecule has 0 radical (unpaired) electrons. The molecule has 0 aliphatic heterocycles. The number of benzene rings is 2. The van der Waals surface area contributed by atoms with E-state index in [-0.39, 0.29) is 10.8 Å². The minimum atomic E-state index is -0.947. The number of ether oxygens (including phenoxy) is 1. The number of urea groups is 1. The van der Waals surface area contributed by atoms with Crippen LogP contribution in [0.3, 0.4) is 0 Å². The number of nitriles is 1. The van der Waals surface area contributed by atoms with Crippen LogP contribution in [0, 0.1) is 11.3 Å². The lowest BCUT2D eigenvalue weighted by molar-refractivity contribution is -0.126. The van der Waals surface area contributed by atoms with Crippen molar-refractivity contribution in [3.63, 3.8) is 0 Å². The van der Waals surface area contributed by atoms with Crippen LogP contribution in [0.5, 0.6) is 5.75 Å². The lowest BCUT2D eigenvalue weighted by Gasteiger charge is -2.15. The largest absolute Gasteiger partial charge is 0.479 e. The van der Waals surface area contributed by atoms with Gasteiger partial charge >= 0.3 is 6.03 Å². The number of nitrogens with one attached hydrogen (secondary N) is 2. The number of halogens is 1. The van der Waals surface area contributed by atoms with Gasteiger partial charge in [-0.15, -0.1) is 0 Å². The summed E-state index contributed by atoms with van der Waals surface area (Å²) in [5, 5.41) is 13.7. The number of hydrogen-bond donors (Lipinski definition) is 2. The number of imide groups is 1. The fourth-order valence-electron chi connectivity index (χ4n) is 1.81. The van der Waals surface area contributed by atoms with Gasteiger partial charge in [-0.1, -0.05) is 29.8 Å². The number of carbonyl (C=O) groups excluding carboxylic acids is 2. The predicted octanol–water partition coefficient (Wildman–Crippen LogP) is 3.33. The standard InChI is InChI=1S/C17H14ClN3O3/c1-11(24-15-8-7-12(10-19)9-14(15)18)16(22)21-17(23)20-13-5-3-2-4-6-13/h2-9,11H,1H3,(H2,20,21,22,23). The Labute approximate surface area is 144 Å². The minimum Gasteiger partial charge on any atom is -0.479 e. The molecule has 0 heterocycles. The predicted molar refractivity (Wildman–Crippen MR) is 89.9 cm³/mol. The van der Waals surface area contributed by atoms with E-state index in [0.717, 1.165) is 0 Å². The van der Waals surface area contributed by atoms with E-state index in [1.165, 1.54) is 25.1 Å². The number of rotatable bonds is 4. The van der Waals surface area contributed by atoms with Crippen molar-refractivity contribution in [2.75, 3.05) is 5.32 Å². The second kappa shape index (κ2) is 7.99. The van der Waals surface area contributed by atoms with Crippen LogP contribution < -0.4 is 15.4 Å². The zero-order chi connectivity index (χ0) is 17.5. The molecule has 2 N–H and O–H groups in total. The molecule has 1 atom stereocenters. The first-order valence-electron chi connectivity index (χ1n) is 7.03. The SMILES string of the molecule is CC(Oc1ccc(C#N)cc1Cl)C(=O)NC(=O)Nc1ccccc1. The maximum absolute atomic E-state index is 12.0. The van der Waals surface area contributed by atoms with Crippen molar-refractivity contribution in [2.45, 2.75) is 13.0 Å². The lowest BCUT2D eigenvalue weighted by atomic mass is 10.2. The molecule has 0 aliphatic rings. The van der Waals surface area contributed by atoms with Crippen molar-refractivity contribution in [1.82, 2.24) is 5.32 Å². The number of carbonyl (C=O) groups is 2. The molecule has 6 nitrogen and oxygen atoms in total. The summed E-state index contributed by atoms with van der Waals surface area (Å²) in [6, 6.07) is 14.5. The van der Waals surface area contributed by atoms with Crippen LogP contribution in [-0.2, 0) is 4.79 Å². The zero-order valence-corrected chi connectivity index (χ0v) is 13.5. The molecule has 0 spiro atoms. The van der Waals surface area contributed by atoms with E-state index in [9.17, 15) is 9.59 Å². The summed E-state index contributed by atoms with van der Waals surface area (Å²) in [4.78, 5) is 23.8. The lowest BCUT2D eigenvalue weighted by Crippen LogP contribution is -2.42. The Morgan fingerprint density at radius 2 is 1.92 bits per heavy atom. The highest BCUT2D eigenvalue weighted by Gasteiger charge is 2.18. The van der Waals surface area contributed by atoms with E-state index in [4.69, 9.17) is 21.6 Å². The van der Waals surface area contributed by atoms with Gasteiger partial charge in [-0.2, -0.15) is 5.26 Å². The molecule has 7 heteroatoms. The highest BCUT2D eigenvalue weighted by atomic mass is 35.5. The van der Waals surface area contributed by atoms with Gasteiger partial charge in [0.15, 0.2) is 6.10 Å². The quantitative estimate of drug-likeness (QED) is 0.890. The van der Waals surface area contributed by atoms with Gasteiger partial charge in [0.1, 0.15) is 5.75 Å². The summed E-state index contributed by atoms with van der Waals surface area (Å²) in [6.07, 6.45) is -0.947. The molecule has 24 heavy (non-hydrogen) atoms. The van der Waals surface area contributed by atoms with Crippen LogP contribution in [0.4, 0.5) is 10.5 Å². The van der Waals surface area contributed by atoms with Gasteiger partial charge in [-0.25, -0.2) is 4.79 Å². The molecule has 122 valence electrons. The van der Waals surface area contributed by atoms with Crippen molar-refractivity contribution in [3.05, 3.63) is 59.1 Å². The van der Waals surface area contributed by atoms with Crippen molar-refractivity contribution in [1.29, 1.82) is 5.26 Å². The van der Waals surface area contributed by atoms with Crippen molar-refractivity contribution in [3.8, 4) is 11.8 Å². The molecule has 2 aromatic rings. The smallest absolute Gasteiger partial charge is 0.325 e. The highest BCUT2D eigenvalue weighted by molar-refractivity contribution is 6.32. The van der Waals surface area contributed by atoms with Gasteiger partial charge in [0.05, 0.1) is 16.7 Å². The molecule has 2 aromatic carbocycles. The van der Waals surface area contributed by atoms with E-state index in [1.807, 2.05) is 12.1 Å². The number of para-hydroxylation sites is 1. The molecule has 0 fully saturated rings. The zero-order valence-electron chi connectivity index (χ0n) is 12.7. The Morgan fingerprint density at radius 1 is 1.21 bits per heavy atom. The van der Waals surface area contributed by atoms with Gasteiger partial charge in [0.25, 0.3) is 5.91 Å². The summed E-state index contributed by atoms with van der Waals surface area (Å²) in [6.45, 7) is 1.49. The first-order valence-corrected chi connectivity index (χ1v) is 7.40. The fraction of sp³-hybridized carbons (Fsp3) is 0.118. The Bertz CT molecular complexity index is 787. The van der Waals surface area contributed by atoms with Crippen LogP contribution in [0.2, 0.25) is 5.02 Å². The van der Waals surface area contributed by atoms with E-state index in [0.29, 0.717) is 11.3 Å². The molecule has 0 saturated carbocycles. The molecule has 0 saturated heterocycles. The Morgan fingerprint density at radius 3 is 2.54 bits per heavy atom. The van der Waals surface area contributed by atoms with Gasteiger partial charge in [0, 0.05) is 5.69 Å². The molecular weight excluding hydrogens is 330 g/mol. The minimum absolute atomic E-state index is 0.211. The van der Waals surface area contributed by atoms with Crippen molar-refractivity contribution >= 4 is 29.2 Å². The second-order valence-electron chi connectivity index (χ2n) is 4.83. The van der Waals surface area contributed by atoms with Crippen LogP contribution >= 0.6 is 11.6 Å². The fourth-order valence-corrected chi connectivity index (χ4v) is 2.03. The number of nitrogens with zero attached hydrogens (tertiary/aromatic N) is 1. The van der Waals surface area contributed by atoms with Crippen LogP contribution in [0.25, 0.3) is 0 Å². The molecule has 0 aromatic heterocycles. The number of hydrogen-bond acceptors (Lipinski definition) is 4. The summed E-state index contributed by atoms with van der Waals surface area (Å²) < 4.78 is 5.42. The summed E-state index contributed by atoms with van der Waals surface area (Å²) >= 11 is 5.98. The average Bonchev–Trinajstić information content (AvgIpc) is 2.57. The molecular formula is C17H14ClN3O3. The van der Waals surface area contributed by atoms with Crippen LogP contribution in [-0.4, -0.2) is 18.0 Å². The molecule has 2 rings (SSSR count). The van der Waals surface area contributed by atoms with Gasteiger partial charge in [-0.3, -0.25) is 10.1 Å². The van der Waals surface area contributed by atoms with Gasteiger partial charge in [0.2, 0.25) is 0 Å². The summed E-state index contributed by atoms with van der Waals surface area (Å²) in [7, 11) is 0. The molecule has 0 aliphatic carbocycles. The van der Waals surface area contributed by atoms with Crippen LogP contribution in [0.1, 0.15) is 12.5 Å². The van der Waals surface area contributed by atoms with Crippen molar-refractivity contribution in [2.24, 2.45) is 0 Å². The van der Waals surface area contributed by atoms with Crippen LogP contribution in [0.15, 0.2) is 48.5 Å². The monoisotopic (exact) mass is 343 g/mol. The first-order chi connectivity index (χ1) is 11.5. The van der Waals surface area contributed by atoms with E-state index in [2.05, 4.69) is 10.6 Å². The maximum Gasteiger partial charge on any atom is 0.325 e. The third-order valence-electron chi connectivity index (χ3n) is 3.00. The molecule has 0 bridgehead atoms. The Hall–Kier alpha value is -3.04. The molecule has 1 unspecified atom stereocenters. The Balaban J connectivity index is 1.92. The second-order valence-corrected chi connectivity index (χ2v) is 5.23. The van der Waals surface area contributed by atoms with Gasteiger partial charge in [-0.05, 0) is 37.3 Å². The third-order valence-corrected chi connectivity index (χ3v) is 3.30. The number of amides is 3. The summed E-state index contributed by atoms with van der Waals surface area (Å²) in [5.41, 5.74) is 0.943.